The van der Waals surface area contributed by atoms with Crippen LogP contribution in [0.1, 0.15) is 31.5 Å². The molecule has 16 heavy (non-hydrogen) atoms. The predicted octanol–water partition coefficient (Wildman–Crippen LogP) is 1.50. The molecule has 0 bridgehead atoms. The maximum atomic E-state index is 8.81. The minimum atomic E-state index is 0.204. The Morgan fingerprint density at radius 2 is 2.25 bits per heavy atom. The van der Waals surface area contributed by atoms with Crippen molar-refractivity contribution >= 4 is 11.6 Å². The van der Waals surface area contributed by atoms with Gasteiger partial charge >= 0.3 is 0 Å². The van der Waals surface area contributed by atoms with Gasteiger partial charge in [0, 0.05) is 31.8 Å². The fourth-order valence-electron chi connectivity index (χ4n) is 1.63. The summed E-state index contributed by atoms with van der Waals surface area (Å²) in [7, 11) is 1.85. The molecule has 0 fully saturated rings. The zero-order chi connectivity index (χ0) is 12.1. The van der Waals surface area contributed by atoms with Gasteiger partial charge in [0.15, 0.2) is 0 Å². The molecule has 1 aromatic rings. The number of halogens is 1. The smallest absolute Gasteiger partial charge is 0.131 e. The number of hydrogen-bond acceptors (Lipinski definition) is 3. The van der Waals surface area contributed by atoms with Crippen molar-refractivity contribution in [1.82, 2.24) is 15.1 Å². The second-order valence-electron chi connectivity index (χ2n) is 3.99. The normalized spacial score (nSPS) is 13.1. The highest BCUT2D eigenvalue weighted by molar-refractivity contribution is 6.30. The predicted molar refractivity (Wildman–Crippen MR) is 65.6 cm³/mol. The molecule has 92 valence electrons. The van der Waals surface area contributed by atoms with E-state index in [1.54, 1.807) is 4.68 Å². The Morgan fingerprint density at radius 1 is 1.56 bits per heavy atom. The summed E-state index contributed by atoms with van der Waals surface area (Å²) in [5, 5.41) is 17.2. The van der Waals surface area contributed by atoms with Gasteiger partial charge in [0.2, 0.25) is 0 Å². The first-order valence-electron chi connectivity index (χ1n) is 5.64. The molecule has 1 rings (SSSR count). The van der Waals surface area contributed by atoms with Gasteiger partial charge in [-0.1, -0.05) is 18.5 Å². The van der Waals surface area contributed by atoms with E-state index in [4.69, 9.17) is 16.7 Å². The third-order valence-electron chi connectivity index (χ3n) is 2.68. The van der Waals surface area contributed by atoms with E-state index in [2.05, 4.69) is 17.3 Å². The van der Waals surface area contributed by atoms with Crippen molar-refractivity contribution < 1.29 is 5.11 Å². The van der Waals surface area contributed by atoms with Crippen LogP contribution in [-0.4, -0.2) is 27.5 Å². The lowest BCUT2D eigenvalue weighted by molar-refractivity contribution is 0.268. The van der Waals surface area contributed by atoms with E-state index in [9.17, 15) is 0 Å². The molecule has 1 atom stereocenters. The Morgan fingerprint density at radius 3 is 2.81 bits per heavy atom. The van der Waals surface area contributed by atoms with Crippen molar-refractivity contribution in [3.05, 3.63) is 16.4 Å². The first kappa shape index (κ1) is 13.5. The molecule has 1 unspecified atom stereocenters. The molecule has 0 amide bonds. The molecule has 0 saturated heterocycles. The first-order chi connectivity index (χ1) is 7.60. The molecule has 2 N–H and O–H groups in total. The zero-order valence-electron chi connectivity index (χ0n) is 10.1. The van der Waals surface area contributed by atoms with Gasteiger partial charge in [0.05, 0.1) is 5.69 Å². The van der Waals surface area contributed by atoms with Crippen LogP contribution in [0, 0.1) is 0 Å². The van der Waals surface area contributed by atoms with Crippen LogP contribution in [0.3, 0.4) is 0 Å². The summed E-state index contributed by atoms with van der Waals surface area (Å²) >= 11 is 6.16. The van der Waals surface area contributed by atoms with Crippen molar-refractivity contribution in [2.24, 2.45) is 7.05 Å². The number of aliphatic hydroxyl groups is 1. The molecule has 5 heteroatoms. The number of nitrogens with zero attached hydrogens (tertiary/aromatic N) is 2. The summed E-state index contributed by atoms with van der Waals surface area (Å²) < 4.78 is 1.70. The largest absolute Gasteiger partial charge is 0.396 e. The lowest BCUT2D eigenvalue weighted by Gasteiger charge is -2.12. The van der Waals surface area contributed by atoms with E-state index < -0.39 is 0 Å². The summed E-state index contributed by atoms with van der Waals surface area (Å²) in [6, 6.07) is 0.283. The molecule has 1 aromatic heterocycles. The molecule has 4 nitrogen and oxygen atoms in total. The summed E-state index contributed by atoms with van der Waals surface area (Å²) in [5.41, 5.74) is 2.10. The fourth-order valence-corrected chi connectivity index (χ4v) is 1.84. The maximum absolute atomic E-state index is 8.81. The van der Waals surface area contributed by atoms with Crippen LogP contribution < -0.4 is 5.32 Å². The molecule has 0 aromatic carbocycles. The van der Waals surface area contributed by atoms with Gasteiger partial charge in [0.25, 0.3) is 0 Å². The Balaban J connectivity index is 2.65. The minimum absolute atomic E-state index is 0.204. The van der Waals surface area contributed by atoms with E-state index in [1.165, 1.54) is 0 Å². The molecule has 1 heterocycles. The Kier molecular flexibility index (Phi) is 5.25. The number of aromatic nitrogens is 2. The topological polar surface area (TPSA) is 50.1 Å². The third kappa shape index (κ3) is 3.20. The minimum Gasteiger partial charge on any atom is -0.396 e. The molecule has 0 aliphatic carbocycles. The highest BCUT2D eigenvalue weighted by Gasteiger charge is 2.13. The average Bonchev–Trinajstić information content (AvgIpc) is 2.53. The van der Waals surface area contributed by atoms with Crippen molar-refractivity contribution in [2.45, 2.75) is 39.3 Å². The lowest BCUT2D eigenvalue weighted by atomic mass is 10.2. The SMILES string of the molecule is CCc1nn(C)c(Cl)c1CNC(C)CCO. The van der Waals surface area contributed by atoms with Crippen LogP contribution in [-0.2, 0) is 20.0 Å². The summed E-state index contributed by atoms with van der Waals surface area (Å²) in [6.07, 6.45) is 1.63. The van der Waals surface area contributed by atoms with Crippen molar-refractivity contribution in [3.63, 3.8) is 0 Å². The summed E-state index contributed by atoms with van der Waals surface area (Å²) in [4.78, 5) is 0. The van der Waals surface area contributed by atoms with Gasteiger partial charge in [-0.05, 0) is 19.8 Å². The van der Waals surface area contributed by atoms with Crippen molar-refractivity contribution in [3.8, 4) is 0 Å². The van der Waals surface area contributed by atoms with E-state index in [0.717, 1.165) is 24.1 Å². The fraction of sp³-hybridized carbons (Fsp3) is 0.727. The Hall–Kier alpha value is -0.580. The second kappa shape index (κ2) is 6.23. The molecule has 0 radical (unpaired) electrons. The molecule has 0 spiro atoms. The van der Waals surface area contributed by atoms with Crippen LogP contribution >= 0.6 is 11.6 Å². The van der Waals surface area contributed by atoms with Gasteiger partial charge in [-0.25, -0.2) is 0 Å². The lowest BCUT2D eigenvalue weighted by Crippen LogP contribution is -2.26. The van der Waals surface area contributed by atoms with E-state index in [1.807, 2.05) is 14.0 Å². The molecular weight excluding hydrogens is 226 g/mol. The molecule has 0 saturated carbocycles. The number of hydrogen-bond donors (Lipinski definition) is 2. The second-order valence-corrected chi connectivity index (χ2v) is 4.35. The third-order valence-corrected chi connectivity index (χ3v) is 3.15. The van der Waals surface area contributed by atoms with Crippen LogP contribution in [0.25, 0.3) is 0 Å². The van der Waals surface area contributed by atoms with Gasteiger partial charge < -0.3 is 10.4 Å². The number of aryl methyl sites for hydroxylation is 2. The maximum Gasteiger partial charge on any atom is 0.131 e. The quantitative estimate of drug-likeness (QED) is 0.799. The van der Waals surface area contributed by atoms with Crippen LogP contribution in [0.2, 0.25) is 5.15 Å². The number of rotatable bonds is 6. The highest BCUT2D eigenvalue weighted by atomic mass is 35.5. The number of nitrogens with one attached hydrogen (secondary N) is 1. The van der Waals surface area contributed by atoms with E-state index in [-0.39, 0.29) is 12.6 Å². The summed E-state index contributed by atoms with van der Waals surface area (Å²) in [5.74, 6) is 0. The Bertz CT molecular complexity index is 338. The zero-order valence-corrected chi connectivity index (χ0v) is 10.9. The van der Waals surface area contributed by atoms with Crippen LogP contribution in [0.5, 0.6) is 0 Å². The average molecular weight is 246 g/mol. The molecule has 0 aliphatic rings. The first-order valence-corrected chi connectivity index (χ1v) is 6.02. The highest BCUT2D eigenvalue weighted by Crippen LogP contribution is 2.19. The van der Waals surface area contributed by atoms with Crippen LogP contribution in [0.15, 0.2) is 0 Å². The van der Waals surface area contributed by atoms with Gasteiger partial charge in [-0.3, -0.25) is 4.68 Å². The Labute approximate surface area is 102 Å². The van der Waals surface area contributed by atoms with Gasteiger partial charge in [-0.2, -0.15) is 5.10 Å². The monoisotopic (exact) mass is 245 g/mol. The standard InChI is InChI=1S/C11H20ClN3O/c1-4-10-9(11(12)15(3)14-10)7-13-8(2)5-6-16/h8,13,16H,4-7H2,1-3H3. The molecule has 0 aliphatic heterocycles. The van der Waals surface area contributed by atoms with E-state index >= 15 is 0 Å². The number of aliphatic hydroxyl groups excluding tert-OH is 1. The summed E-state index contributed by atoms with van der Waals surface area (Å²) in [6.45, 7) is 5.03. The van der Waals surface area contributed by atoms with E-state index in [0.29, 0.717) is 11.7 Å². The van der Waals surface area contributed by atoms with Crippen molar-refractivity contribution in [2.75, 3.05) is 6.61 Å². The van der Waals surface area contributed by atoms with Crippen LogP contribution in [0.4, 0.5) is 0 Å². The van der Waals surface area contributed by atoms with Gasteiger partial charge in [0.1, 0.15) is 5.15 Å². The van der Waals surface area contributed by atoms with Gasteiger partial charge in [-0.15, -0.1) is 0 Å². The molecular formula is C11H20ClN3O. The van der Waals surface area contributed by atoms with Crippen molar-refractivity contribution in [1.29, 1.82) is 0 Å².